The minimum atomic E-state index is -0.785. The lowest BCUT2D eigenvalue weighted by molar-refractivity contribution is -0.149. The molecule has 2 heterocycles. The zero-order chi connectivity index (χ0) is 17.6. The first-order valence-corrected chi connectivity index (χ1v) is 8.72. The van der Waals surface area contributed by atoms with E-state index in [0.29, 0.717) is 29.4 Å². The molecule has 130 valence electrons. The normalized spacial score (nSPS) is 25.2. The maximum atomic E-state index is 12.8. The van der Waals surface area contributed by atoms with Crippen LogP contribution in [0, 0.1) is 11.3 Å². The number of H-pyrrole nitrogens is 1. The molecule has 7 heteroatoms. The van der Waals surface area contributed by atoms with E-state index in [1.807, 2.05) is 18.2 Å². The third-order valence-electron chi connectivity index (χ3n) is 5.54. The Kier molecular flexibility index (Phi) is 3.80. The first kappa shape index (κ1) is 16.1. The SMILES string of the molecule is O=C(c1cc(-c2ccccc2Cl)n[nH]1)N1C[C@@H]2CCC[C@@]2(C(=O)O)C1. The van der Waals surface area contributed by atoms with Crippen LogP contribution in [-0.4, -0.2) is 45.2 Å². The van der Waals surface area contributed by atoms with Crippen LogP contribution in [0.3, 0.4) is 0 Å². The number of aromatic amines is 1. The van der Waals surface area contributed by atoms with E-state index in [-0.39, 0.29) is 18.4 Å². The van der Waals surface area contributed by atoms with Gasteiger partial charge in [-0.15, -0.1) is 0 Å². The van der Waals surface area contributed by atoms with E-state index < -0.39 is 11.4 Å². The van der Waals surface area contributed by atoms with Crippen LogP contribution >= 0.6 is 11.6 Å². The van der Waals surface area contributed by atoms with Crippen LogP contribution in [0.4, 0.5) is 0 Å². The highest BCUT2D eigenvalue weighted by Gasteiger charge is 2.55. The molecule has 1 amide bonds. The quantitative estimate of drug-likeness (QED) is 0.881. The molecule has 0 radical (unpaired) electrons. The van der Waals surface area contributed by atoms with Gasteiger partial charge in [-0.3, -0.25) is 14.7 Å². The monoisotopic (exact) mass is 359 g/mol. The Morgan fingerprint density at radius 1 is 1.36 bits per heavy atom. The van der Waals surface area contributed by atoms with Crippen molar-refractivity contribution >= 4 is 23.5 Å². The number of nitrogens with zero attached hydrogens (tertiary/aromatic N) is 2. The number of hydrogen-bond donors (Lipinski definition) is 2. The van der Waals surface area contributed by atoms with E-state index in [9.17, 15) is 14.7 Å². The van der Waals surface area contributed by atoms with Crippen molar-refractivity contribution in [2.45, 2.75) is 19.3 Å². The van der Waals surface area contributed by atoms with Gasteiger partial charge in [0.1, 0.15) is 5.69 Å². The van der Waals surface area contributed by atoms with E-state index >= 15 is 0 Å². The van der Waals surface area contributed by atoms with Crippen LogP contribution in [0.25, 0.3) is 11.3 Å². The second-order valence-corrected chi connectivity index (χ2v) is 7.29. The highest BCUT2D eigenvalue weighted by Crippen LogP contribution is 2.49. The summed E-state index contributed by atoms with van der Waals surface area (Å²) in [6.45, 7) is 0.762. The molecule has 25 heavy (non-hydrogen) atoms. The summed E-state index contributed by atoms with van der Waals surface area (Å²) in [4.78, 5) is 26.2. The molecule has 6 nitrogen and oxygen atoms in total. The van der Waals surface area contributed by atoms with E-state index in [0.717, 1.165) is 18.4 Å². The summed E-state index contributed by atoms with van der Waals surface area (Å²) >= 11 is 6.18. The molecule has 1 aliphatic carbocycles. The van der Waals surface area contributed by atoms with Gasteiger partial charge < -0.3 is 10.0 Å². The first-order valence-electron chi connectivity index (χ1n) is 8.34. The number of carboxylic acids is 1. The third-order valence-corrected chi connectivity index (χ3v) is 5.87. The molecular weight excluding hydrogens is 342 g/mol. The van der Waals surface area contributed by atoms with E-state index in [2.05, 4.69) is 10.2 Å². The third kappa shape index (κ3) is 2.52. The lowest BCUT2D eigenvalue weighted by Gasteiger charge is -2.23. The maximum Gasteiger partial charge on any atom is 0.311 e. The fourth-order valence-corrected chi connectivity index (χ4v) is 4.43. The second-order valence-electron chi connectivity index (χ2n) is 6.88. The van der Waals surface area contributed by atoms with Crippen molar-refractivity contribution in [1.82, 2.24) is 15.1 Å². The Labute approximate surface area is 149 Å². The van der Waals surface area contributed by atoms with Crippen molar-refractivity contribution in [3.63, 3.8) is 0 Å². The van der Waals surface area contributed by atoms with Gasteiger partial charge >= 0.3 is 5.97 Å². The highest BCUT2D eigenvalue weighted by atomic mass is 35.5. The van der Waals surface area contributed by atoms with Gasteiger partial charge in [0.25, 0.3) is 5.91 Å². The van der Waals surface area contributed by atoms with Crippen LogP contribution in [-0.2, 0) is 4.79 Å². The van der Waals surface area contributed by atoms with E-state index in [1.165, 1.54) is 0 Å². The lowest BCUT2D eigenvalue weighted by Crippen LogP contribution is -2.37. The number of nitrogens with one attached hydrogen (secondary N) is 1. The fourth-order valence-electron chi connectivity index (χ4n) is 4.20. The average molecular weight is 360 g/mol. The fraction of sp³-hybridized carbons (Fsp3) is 0.389. The van der Waals surface area contributed by atoms with Gasteiger partial charge in [0.15, 0.2) is 0 Å². The molecule has 1 aromatic heterocycles. The Balaban J connectivity index is 1.57. The molecule has 1 aromatic carbocycles. The molecule has 4 rings (SSSR count). The van der Waals surface area contributed by atoms with Crippen molar-refractivity contribution in [3.8, 4) is 11.3 Å². The maximum absolute atomic E-state index is 12.8. The van der Waals surface area contributed by atoms with Crippen molar-refractivity contribution in [3.05, 3.63) is 41.0 Å². The molecule has 0 bridgehead atoms. The number of aromatic nitrogens is 2. The van der Waals surface area contributed by atoms with Crippen LogP contribution in [0.1, 0.15) is 29.8 Å². The molecule has 2 aromatic rings. The van der Waals surface area contributed by atoms with Gasteiger partial charge in [-0.25, -0.2) is 0 Å². The topological polar surface area (TPSA) is 86.3 Å². The Hall–Kier alpha value is -2.34. The van der Waals surface area contributed by atoms with Crippen molar-refractivity contribution < 1.29 is 14.7 Å². The minimum absolute atomic E-state index is 0.0416. The summed E-state index contributed by atoms with van der Waals surface area (Å²) < 4.78 is 0. The minimum Gasteiger partial charge on any atom is -0.481 e. The van der Waals surface area contributed by atoms with Crippen LogP contribution < -0.4 is 0 Å². The zero-order valence-corrected chi connectivity index (χ0v) is 14.3. The smallest absolute Gasteiger partial charge is 0.311 e. The number of likely N-dealkylation sites (tertiary alicyclic amines) is 1. The molecule has 0 unspecified atom stereocenters. The predicted molar refractivity (Wildman–Crippen MR) is 92.3 cm³/mol. The largest absolute Gasteiger partial charge is 0.481 e. The van der Waals surface area contributed by atoms with Gasteiger partial charge in [-0.05, 0) is 30.9 Å². The number of fused-ring (bicyclic) bond motifs is 1. The number of benzene rings is 1. The van der Waals surface area contributed by atoms with Gasteiger partial charge in [-0.2, -0.15) is 5.10 Å². The lowest BCUT2D eigenvalue weighted by atomic mass is 9.81. The van der Waals surface area contributed by atoms with E-state index in [4.69, 9.17) is 11.6 Å². The van der Waals surface area contributed by atoms with Gasteiger partial charge in [0, 0.05) is 18.7 Å². The van der Waals surface area contributed by atoms with Gasteiger partial charge in [0.05, 0.1) is 16.1 Å². The van der Waals surface area contributed by atoms with E-state index in [1.54, 1.807) is 17.0 Å². The number of aliphatic carboxylic acids is 1. The molecule has 2 N–H and O–H groups in total. The number of carbonyl (C=O) groups excluding carboxylic acids is 1. The highest BCUT2D eigenvalue weighted by molar-refractivity contribution is 6.33. The zero-order valence-electron chi connectivity index (χ0n) is 13.5. The van der Waals surface area contributed by atoms with Gasteiger partial charge in [0.2, 0.25) is 0 Å². The molecule has 2 atom stereocenters. The number of rotatable bonds is 3. The average Bonchev–Trinajstić information content (AvgIpc) is 3.28. The second kappa shape index (κ2) is 5.88. The standard InChI is InChI=1S/C18H18ClN3O3/c19-13-6-2-1-5-12(13)14-8-15(21-20-14)16(23)22-9-11-4-3-7-18(11,10-22)17(24)25/h1-2,5-6,8,11H,3-4,7,9-10H2,(H,20,21)(H,24,25)/t11-,18+/m0/s1. The Morgan fingerprint density at radius 3 is 2.88 bits per heavy atom. The summed E-state index contributed by atoms with van der Waals surface area (Å²) in [5.74, 6) is -0.951. The van der Waals surface area contributed by atoms with Crippen LogP contribution in [0.5, 0.6) is 0 Å². The summed E-state index contributed by atoms with van der Waals surface area (Å²) in [7, 11) is 0. The van der Waals surface area contributed by atoms with Crippen molar-refractivity contribution in [1.29, 1.82) is 0 Å². The summed E-state index contributed by atoms with van der Waals surface area (Å²) in [6.07, 6.45) is 2.42. The predicted octanol–water partition coefficient (Wildman–Crippen LogP) is 3.06. The molecule has 2 fully saturated rings. The molecule has 1 saturated heterocycles. The van der Waals surface area contributed by atoms with Gasteiger partial charge in [-0.1, -0.05) is 36.2 Å². The number of carbonyl (C=O) groups is 2. The Bertz CT molecular complexity index is 850. The van der Waals surface area contributed by atoms with Crippen LogP contribution in [0.15, 0.2) is 30.3 Å². The number of amides is 1. The first-order chi connectivity index (χ1) is 12.0. The Morgan fingerprint density at radius 2 is 2.16 bits per heavy atom. The number of halogens is 1. The summed E-state index contributed by atoms with van der Waals surface area (Å²) in [5, 5.41) is 17.2. The summed E-state index contributed by atoms with van der Waals surface area (Å²) in [5.41, 5.74) is 0.929. The molecule has 0 spiro atoms. The van der Waals surface area contributed by atoms with Crippen LogP contribution in [0.2, 0.25) is 5.02 Å². The molecule has 1 aliphatic heterocycles. The van der Waals surface area contributed by atoms with Crippen molar-refractivity contribution in [2.75, 3.05) is 13.1 Å². The molecule has 1 saturated carbocycles. The number of carboxylic acid groups (broad SMARTS) is 1. The molecule has 2 aliphatic rings. The number of hydrogen-bond acceptors (Lipinski definition) is 3. The summed E-state index contributed by atoms with van der Waals surface area (Å²) in [6, 6.07) is 8.97. The molecular formula is C18H18ClN3O3. The van der Waals surface area contributed by atoms with Crippen molar-refractivity contribution in [2.24, 2.45) is 11.3 Å².